The molecule has 0 bridgehead atoms. The number of carbonyl (C=O) groups excluding carboxylic acids is 1. The molecule has 31 heavy (non-hydrogen) atoms. The van der Waals surface area contributed by atoms with Gasteiger partial charge in [-0.05, 0) is 41.8 Å². The number of rotatable bonds is 9. The molecule has 0 fully saturated rings. The van der Waals surface area contributed by atoms with Crippen molar-refractivity contribution in [2.45, 2.75) is 17.9 Å². The van der Waals surface area contributed by atoms with E-state index in [1.807, 2.05) is 42.5 Å². The standard InChI is InChI=1S/C23H25N3O4S/c1-26(17-19-7-4-3-5-8-19)31(28,29)22-15-20(10-11-21(22)30-2)23(27)25-14-12-18-9-6-13-24-16-18/h3-11,13,15-16H,12,14,17H2,1-2H3,(H,25,27). The van der Waals surface area contributed by atoms with Crippen molar-refractivity contribution in [1.29, 1.82) is 0 Å². The molecule has 0 unspecified atom stereocenters. The van der Waals surface area contributed by atoms with Crippen molar-refractivity contribution in [3.63, 3.8) is 0 Å². The van der Waals surface area contributed by atoms with Crippen LogP contribution < -0.4 is 10.1 Å². The Hall–Kier alpha value is -3.23. The van der Waals surface area contributed by atoms with Gasteiger partial charge >= 0.3 is 0 Å². The lowest BCUT2D eigenvalue weighted by molar-refractivity contribution is 0.0954. The molecule has 1 aromatic heterocycles. The van der Waals surface area contributed by atoms with Crippen molar-refractivity contribution >= 4 is 15.9 Å². The van der Waals surface area contributed by atoms with Crippen molar-refractivity contribution in [3.05, 3.63) is 89.7 Å². The molecule has 8 heteroatoms. The molecule has 3 aromatic rings. The summed E-state index contributed by atoms with van der Waals surface area (Å²) in [7, 11) is -0.975. The molecule has 0 spiro atoms. The molecule has 1 amide bonds. The number of hydrogen-bond donors (Lipinski definition) is 1. The molecule has 0 radical (unpaired) electrons. The summed E-state index contributed by atoms with van der Waals surface area (Å²) in [4.78, 5) is 16.6. The Bertz CT molecular complexity index is 1120. The smallest absolute Gasteiger partial charge is 0.251 e. The highest BCUT2D eigenvalue weighted by Gasteiger charge is 2.26. The fourth-order valence-electron chi connectivity index (χ4n) is 3.08. The number of aromatic nitrogens is 1. The summed E-state index contributed by atoms with van der Waals surface area (Å²) in [6.45, 7) is 0.612. The normalized spacial score (nSPS) is 11.3. The molecule has 0 atom stereocenters. The lowest BCUT2D eigenvalue weighted by atomic mass is 10.2. The average molecular weight is 440 g/mol. The second kappa shape index (κ2) is 10.2. The maximum atomic E-state index is 13.2. The fraction of sp³-hybridized carbons (Fsp3) is 0.217. The number of amides is 1. The topological polar surface area (TPSA) is 88.6 Å². The highest BCUT2D eigenvalue weighted by atomic mass is 32.2. The Labute approximate surface area is 182 Å². The summed E-state index contributed by atoms with van der Waals surface area (Å²) in [6, 6.07) is 17.5. The van der Waals surface area contributed by atoms with Crippen LogP contribution in [0.5, 0.6) is 5.75 Å². The first-order valence-electron chi connectivity index (χ1n) is 9.77. The molecule has 3 rings (SSSR count). The quantitative estimate of drug-likeness (QED) is 0.554. The Kier molecular flexibility index (Phi) is 7.38. The predicted molar refractivity (Wildman–Crippen MR) is 118 cm³/mol. The molecule has 0 aliphatic rings. The van der Waals surface area contributed by atoms with Gasteiger partial charge in [-0.15, -0.1) is 0 Å². The monoisotopic (exact) mass is 439 g/mol. The first-order valence-corrected chi connectivity index (χ1v) is 11.2. The van der Waals surface area contributed by atoms with Crippen LogP contribution in [-0.2, 0) is 23.0 Å². The largest absolute Gasteiger partial charge is 0.495 e. The first kappa shape index (κ1) is 22.5. The van der Waals surface area contributed by atoms with Gasteiger partial charge in [-0.1, -0.05) is 36.4 Å². The average Bonchev–Trinajstić information content (AvgIpc) is 2.80. The minimum atomic E-state index is -3.88. The van der Waals surface area contributed by atoms with E-state index in [2.05, 4.69) is 10.3 Å². The van der Waals surface area contributed by atoms with Crippen LogP contribution in [0.3, 0.4) is 0 Å². The van der Waals surface area contributed by atoms with Crippen LogP contribution >= 0.6 is 0 Å². The third-order valence-electron chi connectivity index (χ3n) is 4.78. The zero-order valence-electron chi connectivity index (χ0n) is 17.5. The Balaban J connectivity index is 1.76. The Morgan fingerprint density at radius 2 is 1.81 bits per heavy atom. The van der Waals surface area contributed by atoms with Crippen LogP contribution in [0.25, 0.3) is 0 Å². The molecular formula is C23H25N3O4S. The zero-order valence-corrected chi connectivity index (χ0v) is 18.3. The molecule has 0 aliphatic heterocycles. The summed E-state index contributed by atoms with van der Waals surface area (Å²) < 4.78 is 32.9. The number of sulfonamides is 1. The number of nitrogens with one attached hydrogen (secondary N) is 1. The van der Waals surface area contributed by atoms with E-state index >= 15 is 0 Å². The number of benzene rings is 2. The number of hydrogen-bond acceptors (Lipinski definition) is 5. The van der Waals surface area contributed by atoms with Crippen molar-refractivity contribution in [1.82, 2.24) is 14.6 Å². The van der Waals surface area contributed by atoms with Crippen LogP contribution in [0.2, 0.25) is 0 Å². The number of methoxy groups -OCH3 is 1. The summed E-state index contributed by atoms with van der Waals surface area (Å²) >= 11 is 0. The van der Waals surface area contributed by atoms with E-state index < -0.39 is 10.0 Å². The van der Waals surface area contributed by atoms with Gasteiger partial charge in [-0.2, -0.15) is 4.31 Å². The number of nitrogens with zero attached hydrogens (tertiary/aromatic N) is 2. The van der Waals surface area contributed by atoms with Crippen molar-refractivity contribution in [2.75, 3.05) is 20.7 Å². The zero-order chi connectivity index (χ0) is 22.3. The number of carbonyl (C=O) groups is 1. The maximum Gasteiger partial charge on any atom is 0.251 e. The van der Waals surface area contributed by atoms with Gasteiger partial charge in [0.1, 0.15) is 10.6 Å². The van der Waals surface area contributed by atoms with Gasteiger partial charge in [0, 0.05) is 38.1 Å². The van der Waals surface area contributed by atoms with E-state index in [4.69, 9.17) is 4.74 Å². The van der Waals surface area contributed by atoms with Gasteiger partial charge in [0.2, 0.25) is 10.0 Å². The Morgan fingerprint density at radius 3 is 2.48 bits per heavy atom. The first-order chi connectivity index (χ1) is 14.9. The molecule has 7 nitrogen and oxygen atoms in total. The summed E-state index contributed by atoms with van der Waals surface area (Å²) in [5, 5.41) is 2.82. The SMILES string of the molecule is COc1ccc(C(=O)NCCc2cccnc2)cc1S(=O)(=O)N(C)Cc1ccccc1. The second-order valence-corrected chi connectivity index (χ2v) is 8.99. The lowest BCUT2D eigenvalue weighted by Crippen LogP contribution is -2.28. The van der Waals surface area contributed by atoms with E-state index in [0.29, 0.717) is 13.0 Å². The van der Waals surface area contributed by atoms with Gasteiger partial charge in [-0.3, -0.25) is 9.78 Å². The van der Waals surface area contributed by atoms with Crippen LogP contribution in [-0.4, -0.2) is 44.3 Å². The molecule has 0 aliphatic carbocycles. The molecule has 0 saturated carbocycles. The Morgan fingerprint density at radius 1 is 1.06 bits per heavy atom. The van der Waals surface area contributed by atoms with Crippen molar-refractivity contribution in [3.8, 4) is 5.75 Å². The predicted octanol–water partition coefficient (Wildman–Crippen LogP) is 2.88. The second-order valence-electron chi connectivity index (χ2n) is 6.98. The van der Waals surface area contributed by atoms with E-state index in [1.54, 1.807) is 18.5 Å². The summed E-state index contributed by atoms with van der Waals surface area (Å²) in [6.07, 6.45) is 4.06. The van der Waals surface area contributed by atoms with Crippen LogP contribution in [0, 0.1) is 0 Å². The molecule has 162 valence electrons. The van der Waals surface area contributed by atoms with E-state index in [-0.39, 0.29) is 28.7 Å². The lowest BCUT2D eigenvalue weighted by Gasteiger charge is -2.19. The maximum absolute atomic E-state index is 13.2. The highest BCUT2D eigenvalue weighted by Crippen LogP contribution is 2.28. The minimum absolute atomic E-state index is 0.0478. The van der Waals surface area contributed by atoms with Crippen molar-refractivity contribution < 1.29 is 17.9 Å². The van der Waals surface area contributed by atoms with Crippen molar-refractivity contribution in [2.24, 2.45) is 0 Å². The minimum Gasteiger partial charge on any atom is -0.495 e. The van der Waals surface area contributed by atoms with Crippen LogP contribution in [0.1, 0.15) is 21.5 Å². The van der Waals surface area contributed by atoms with Gasteiger partial charge in [-0.25, -0.2) is 8.42 Å². The molecular weight excluding hydrogens is 414 g/mol. The molecule has 2 aromatic carbocycles. The van der Waals surface area contributed by atoms with Gasteiger partial charge < -0.3 is 10.1 Å². The molecule has 1 heterocycles. The summed E-state index contributed by atoms with van der Waals surface area (Å²) in [5.74, 6) is -0.166. The van der Waals surface area contributed by atoms with Crippen LogP contribution in [0.15, 0.2) is 78.0 Å². The van der Waals surface area contributed by atoms with Crippen LogP contribution in [0.4, 0.5) is 0 Å². The van der Waals surface area contributed by atoms with Gasteiger partial charge in [0.15, 0.2) is 0 Å². The molecule has 1 N–H and O–H groups in total. The highest BCUT2D eigenvalue weighted by molar-refractivity contribution is 7.89. The third kappa shape index (κ3) is 5.68. The van der Waals surface area contributed by atoms with E-state index in [1.165, 1.54) is 30.6 Å². The molecule has 0 saturated heterocycles. The van der Waals surface area contributed by atoms with Gasteiger partial charge in [0.25, 0.3) is 5.91 Å². The third-order valence-corrected chi connectivity index (χ3v) is 6.61. The van der Waals surface area contributed by atoms with Gasteiger partial charge in [0.05, 0.1) is 7.11 Å². The number of ether oxygens (including phenoxy) is 1. The number of pyridine rings is 1. The van der Waals surface area contributed by atoms with E-state index in [9.17, 15) is 13.2 Å². The van der Waals surface area contributed by atoms with E-state index in [0.717, 1.165) is 11.1 Å². The summed E-state index contributed by atoms with van der Waals surface area (Å²) in [5.41, 5.74) is 2.11. The fourth-order valence-corrected chi connectivity index (χ4v) is 4.42.